The molecule has 1 atom stereocenters. The van der Waals surface area contributed by atoms with E-state index in [9.17, 15) is 0 Å². The Morgan fingerprint density at radius 1 is 1.22 bits per heavy atom. The first-order valence-electron chi connectivity index (χ1n) is 5.35. The van der Waals surface area contributed by atoms with Crippen LogP contribution in [0.1, 0.15) is 16.0 Å². The Morgan fingerprint density at radius 3 is 2.56 bits per heavy atom. The third-order valence-corrected chi connectivity index (χ3v) is 4.95. The maximum Gasteiger partial charge on any atom is 0.137 e. The molecule has 0 aliphatic carbocycles. The molecule has 4 heteroatoms. The predicted octanol–water partition coefficient (Wildman–Crippen LogP) is 5.44. The fraction of sp³-hybridized carbons (Fsp3) is 0.143. The summed E-state index contributed by atoms with van der Waals surface area (Å²) in [7, 11) is 1.62. The van der Waals surface area contributed by atoms with E-state index >= 15 is 0 Å². The Morgan fingerprint density at radius 2 is 1.94 bits per heavy atom. The van der Waals surface area contributed by atoms with Crippen molar-refractivity contribution in [2.75, 3.05) is 7.11 Å². The van der Waals surface area contributed by atoms with E-state index in [1.54, 1.807) is 7.11 Å². The molecule has 0 N–H and O–H groups in total. The van der Waals surface area contributed by atoms with E-state index < -0.39 is 0 Å². The minimum absolute atomic E-state index is 0.133. The van der Waals surface area contributed by atoms with E-state index in [1.165, 1.54) is 9.13 Å². The molecule has 0 spiro atoms. The fourth-order valence-electron chi connectivity index (χ4n) is 1.70. The lowest BCUT2D eigenvalue weighted by atomic mass is 10.0. The summed E-state index contributed by atoms with van der Waals surface area (Å²) < 4.78 is 6.39. The van der Waals surface area contributed by atoms with Crippen LogP contribution in [0.2, 0.25) is 5.02 Å². The minimum Gasteiger partial charge on any atom is -0.495 e. The Balaban J connectivity index is 2.37. The number of hydrogen-bond acceptors (Lipinski definition) is 1. The highest BCUT2D eigenvalue weighted by molar-refractivity contribution is 14.1. The summed E-state index contributed by atoms with van der Waals surface area (Å²) in [5.74, 6) is 0.697. The second-order valence-electron chi connectivity index (χ2n) is 3.78. The van der Waals surface area contributed by atoms with Gasteiger partial charge in [-0.05, 0) is 51.9 Å². The van der Waals surface area contributed by atoms with Crippen molar-refractivity contribution in [1.82, 2.24) is 0 Å². The second kappa shape index (κ2) is 6.26. The van der Waals surface area contributed by atoms with Crippen LogP contribution in [0.25, 0.3) is 0 Å². The van der Waals surface area contributed by atoms with Crippen molar-refractivity contribution < 1.29 is 4.74 Å². The molecule has 18 heavy (non-hydrogen) atoms. The molecule has 2 rings (SSSR count). The van der Waals surface area contributed by atoms with Gasteiger partial charge in [0.25, 0.3) is 0 Å². The van der Waals surface area contributed by atoms with E-state index in [1.807, 2.05) is 30.3 Å². The largest absolute Gasteiger partial charge is 0.495 e. The van der Waals surface area contributed by atoms with Crippen molar-refractivity contribution in [1.29, 1.82) is 0 Å². The van der Waals surface area contributed by atoms with Crippen molar-refractivity contribution in [3.8, 4) is 5.75 Å². The molecule has 0 saturated carbocycles. The third-order valence-electron chi connectivity index (χ3n) is 2.65. The Kier molecular flexibility index (Phi) is 4.92. The SMILES string of the molecule is COc1ccc(C(Br)c2ccccc2I)cc1Cl. The first kappa shape index (κ1) is 14.2. The molecule has 0 fully saturated rings. The van der Waals surface area contributed by atoms with Crippen molar-refractivity contribution in [3.05, 3.63) is 62.2 Å². The molecule has 2 aromatic rings. The molecule has 2 aromatic carbocycles. The van der Waals surface area contributed by atoms with Gasteiger partial charge in [0.1, 0.15) is 5.75 Å². The summed E-state index contributed by atoms with van der Waals surface area (Å²) in [6, 6.07) is 14.1. The van der Waals surface area contributed by atoms with E-state index in [0.29, 0.717) is 10.8 Å². The fourth-order valence-corrected chi connectivity index (χ4v) is 3.78. The summed E-state index contributed by atoms with van der Waals surface area (Å²) in [5, 5.41) is 0.630. The first-order valence-corrected chi connectivity index (χ1v) is 7.72. The van der Waals surface area contributed by atoms with Crippen molar-refractivity contribution in [2.45, 2.75) is 4.83 Å². The van der Waals surface area contributed by atoms with Crippen LogP contribution >= 0.6 is 50.1 Å². The van der Waals surface area contributed by atoms with Gasteiger partial charge in [0.15, 0.2) is 0 Å². The van der Waals surface area contributed by atoms with Crippen molar-refractivity contribution >= 4 is 50.1 Å². The van der Waals surface area contributed by atoms with Crippen LogP contribution in [0.15, 0.2) is 42.5 Å². The van der Waals surface area contributed by atoms with E-state index in [0.717, 1.165) is 5.56 Å². The number of rotatable bonds is 3. The molecule has 0 radical (unpaired) electrons. The third kappa shape index (κ3) is 3.00. The van der Waals surface area contributed by atoms with Gasteiger partial charge in [-0.25, -0.2) is 0 Å². The summed E-state index contributed by atoms with van der Waals surface area (Å²) in [6.07, 6.45) is 0. The summed E-state index contributed by atoms with van der Waals surface area (Å²) in [5.41, 5.74) is 2.35. The summed E-state index contributed by atoms with van der Waals surface area (Å²) in [4.78, 5) is 0.133. The lowest BCUT2D eigenvalue weighted by molar-refractivity contribution is 0.415. The highest BCUT2D eigenvalue weighted by atomic mass is 127. The number of halogens is 3. The van der Waals surface area contributed by atoms with Gasteiger partial charge in [0, 0.05) is 3.57 Å². The van der Waals surface area contributed by atoms with Crippen LogP contribution in [-0.4, -0.2) is 7.11 Å². The van der Waals surface area contributed by atoms with E-state index in [4.69, 9.17) is 16.3 Å². The minimum atomic E-state index is 0.133. The molecular formula is C14H11BrClIO. The predicted molar refractivity (Wildman–Crippen MR) is 87.9 cm³/mol. The zero-order valence-electron chi connectivity index (χ0n) is 9.66. The van der Waals surface area contributed by atoms with Gasteiger partial charge in [-0.1, -0.05) is 51.8 Å². The number of methoxy groups -OCH3 is 1. The number of hydrogen-bond donors (Lipinski definition) is 0. The Labute approximate surface area is 134 Å². The molecule has 0 aromatic heterocycles. The smallest absolute Gasteiger partial charge is 0.137 e. The van der Waals surface area contributed by atoms with Gasteiger partial charge in [-0.2, -0.15) is 0 Å². The second-order valence-corrected chi connectivity index (χ2v) is 6.26. The van der Waals surface area contributed by atoms with Crippen LogP contribution in [-0.2, 0) is 0 Å². The van der Waals surface area contributed by atoms with Crippen molar-refractivity contribution in [2.24, 2.45) is 0 Å². The zero-order chi connectivity index (χ0) is 13.1. The molecule has 0 aliphatic rings. The monoisotopic (exact) mass is 436 g/mol. The topological polar surface area (TPSA) is 9.23 Å². The lowest BCUT2D eigenvalue weighted by Crippen LogP contribution is -1.96. The molecule has 0 saturated heterocycles. The number of benzene rings is 2. The summed E-state index contributed by atoms with van der Waals surface area (Å²) >= 11 is 12.2. The number of alkyl halides is 1. The van der Waals surface area contributed by atoms with Crippen LogP contribution in [0.3, 0.4) is 0 Å². The van der Waals surface area contributed by atoms with Crippen LogP contribution < -0.4 is 4.74 Å². The van der Waals surface area contributed by atoms with Crippen LogP contribution in [0.4, 0.5) is 0 Å². The van der Waals surface area contributed by atoms with E-state index in [2.05, 4.69) is 50.7 Å². The van der Waals surface area contributed by atoms with Gasteiger partial charge in [-0.3, -0.25) is 0 Å². The molecule has 94 valence electrons. The molecular weight excluding hydrogens is 426 g/mol. The molecule has 0 aliphatic heterocycles. The molecule has 0 bridgehead atoms. The van der Waals surface area contributed by atoms with Gasteiger partial charge in [0.2, 0.25) is 0 Å². The average Bonchev–Trinajstić information content (AvgIpc) is 2.38. The maximum atomic E-state index is 6.15. The van der Waals surface area contributed by atoms with Crippen LogP contribution in [0.5, 0.6) is 5.75 Å². The Hall–Kier alpha value is -0.260. The van der Waals surface area contributed by atoms with E-state index in [-0.39, 0.29) is 4.83 Å². The molecule has 0 heterocycles. The van der Waals surface area contributed by atoms with Gasteiger partial charge in [-0.15, -0.1) is 0 Å². The lowest BCUT2D eigenvalue weighted by Gasteiger charge is -2.14. The maximum absolute atomic E-state index is 6.15. The van der Waals surface area contributed by atoms with Crippen LogP contribution in [0, 0.1) is 3.57 Å². The first-order chi connectivity index (χ1) is 8.63. The Bertz CT molecular complexity index is 559. The van der Waals surface area contributed by atoms with Gasteiger partial charge < -0.3 is 4.74 Å². The molecule has 1 nitrogen and oxygen atoms in total. The highest BCUT2D eigenvalue weighted by Crippen LogP contribution is 2.36. The quantitative estimate of drug-likeness (QED) is 0.459. The highest BCUT2D eigenvalue weighted by Gasteiger charge is 2.14. The normalized spacial score (nSPS) is 12.2. The molecule has 0 amide bonds. The zero-order valence-corrected chi connectivity index (χ0v) is 14.2. The van der Waals surface area contributed by atoms with Gasteiger partial charge in [0.05, 0.1) is 17.0 Å². The molecule has 1 unspecified atom stereocenters. The standard InChI is InChI=1S/C14H11BrClIO/c1-18-13-7-6-9(8-11(13)16)14(15)10-4-2-3-5-12(10)17/h2-8,14H,1H3. The summed E-state index contributed by atoms with van der Waals surface area (Å²) in [6.45, 7) is 0. The average molecular weight is 438 g/mol. The van der Waals surface area contributed by atoms with Gasteiger partial charge >= 0.3 is 0 Å². The number of ether oxygens (including phenoxy) is 1. The van der Waals surface area contributed by atoms with Crippen molar-refractivity contribution in [3.63, 3.8) is 0 Å².